The van der Waals surface area contributed by atoms with E-state index in [1.165, 1.54) is 22.1 Å². The molecule has 0 amide bonds. The second kappa shape index (κ2) is 6.79. The Morgan fingerprint density at radius 2 is 2.25 bits per heavy atom. The Morgan fingerprint density at radius 3 is 2.90 bits per heavy atom. The fourth-order valence-electron chi connectivity index (χ4n) is 2.25. The van der Waals surface area contributed by atoms with Crippen molar-refractivity contribution < 1.29 is 4.74 Å². The highest BCUT2D eigenvalue weighted by molar-refractivity contribution is 14.1. The van der Waals surface area contributed by atoms with Gasteiger partial charge < -0.3 is 10.1 Å². The van der Waals surface area contributed by atoms with Gasteiger partial charge in [-0.15, -0.1) is 0 Å². The number of anilines is 1. The fourth-order valence-corrected chi connectivity index (χ4v) is 3.96. The van der Waals surface area contributed by atoms with Gasteiger partial charge in [0.25, 0.3) is 0 Å². The van der Waals surface area contributed by atoms with Crippen molar-refractivity contribution in [1.82, 2.24) is 9.97 Å². The maximum atomic E-state index is 5.84. The van der Waals surface area contributed by atoms with Gasteiger partial charge in [-0.25, -0.2) is 9.97 Å². The molecule has 6 heteroatoms. The highest BCUT2D eigenvalue weighted by atomic mass is 127. The molecule has 0 aromatic carbocycles. The van der Waals surface area contributed by atoms with Gasteiger partial charge in [-0.1, -0.05) is 6.92 Å². The van der Waals surface area contributed by atoms with Crippen LogP contribution in [0.4, 0.5) is 5.82 Å². The quantitative estimate of drug-likeness (QED) is 0.759. The number of ether oxygens (including phenoxy) is 1. The van der Waals surface area contributed by atoms with Crippen LogP contribution in [0.3, 0.4) is 0 Å². The molecule has 1 atom stereocenters. The summed E-state index contributed by atoms with van der Waals surface area (Å²) in [6.45, 7) is 3.93. The Kier molecular flexibility index (Phi) is 5.04. The largest absolute Gasteiger partial charge is 0.369 e. The van der Waals surface area contributed by atoms with Crippen LogP contribution in [0.2, 0.25) is 0 Å². The first kappa shape index (κ1) is 14.8. The number of aromatic nitrogens is 2. The Morgan fingerprint density at radius 1 is 1.40 bits per heavy atom. The van der Waals surface area contributed by atoms with Gasteiger partial charge in [0.1, 0.15) is 11.9 Å². The third-order valence-electron chi connectivity index (χ3n) is 3.50. The summed E-state index contributed by atoms with van der Waals surface area (Å²) < 4.78 is 7.04. The summed E-state index contributed by atoms with van der Waals surface area (Å²) in [5.74, 6) is 4.56. The number of hydrogen-bond donors (Lipinski definition) is 1. The molecule has 4 nitrogen and oxygen atoms in total. The molecule has 1 aromatic heterocycles. The van der Waals surface area contributed by atoms with Crippen molar-refractivity contribution in [2.24, 2.45) is 0 Å². The normalized spacial score (nSPS) is 22.8. The molecule has 20 heavy (non-hydrogen) atoms. The zero-order valence-corrected chi connectivity index (χ0v) is 14.7. The Hall–Kier alpha value is -0.0800. The number of rotatable bonds is 5. The van der Waals surface area contributed by atoms with E-state index >= 15 is 0 Å². The third-order valence-corrected chi connectivity index (χ3v) is 5.56. The standard InChI is InChI=1S/C14H20IN3OS/c1-2-5-16-14-11(15)12(9-3-4-9)17-13(18-14)10-8-20-7-6-19-10/h9-10H,2-8H2,1H3,(H,16,17,18). The van der Waals surface area contributed by atoms with Gasteiger partial charge in [-0.05, 0) is 41.9 Å². The topological polar surface area (TPSA) is 47.0 Å². The number of nitrogens with one attached hydrogen (secondary N) is 1. The molecule has 2 heterocycles. The number of halogens is 1. The summed E-state index contributed by atoms with van der Waals surface area (Å²) in [6, 6.07) is 0. The third kappa shape index (κ3) is 3.39. The molecule has 1 saturated carbocycles. The van der Waals surface area contributed by atoms with Crippen molar-refractivity contribution in [2.75, 3.05) is 30.0 Å². The van der Waals surface area contributed by atoms with E-state index in [0.29, 0.717) is 5.92 Å². The maximum absolute atomic E-state index is 5.84. The molecule has 1 saturated heterocycles. The molecule has 1 aromatic rings. The summed E-state index contributed by atoms with van der Waals surface area (Å²) in [5, 5.41) is 3.44. The van der Waals surface area contributed by atoms with Crippen LogP contribution in [-0.2, 0) is 4.74 Å². The highest BCUT2D eigenvalue weighted by Gasteiger charge is 2.31. The van der Waals surface area contributed by atoms with E-state index in [0.717, 1.165) is 42.7 Å². The predicted molar refractivity (Wildman–Crippen MR) is 91.5 cm³/mol. The summed E-state index contributed by atoms with van der Waals surface area (Å²) in [7, 11) is 0. The number of thioether (sulfide) groups is 1. The fraction of sp³-hybridized carbons (Fsp3) is 0.714. The molecule has 1 unspecified atom stereocenters. The van der Waals surface area contributed by atoms with Gasteiger partial charge in [0.15, 0.2) is 5.82 Å². The molecule has 2 aliphatic rings. The summed E-state index contributed by atoms with van der Waals surface area (Å²) in [4.78, 5) is 9.57. The second-order valence-electron chi connectivity index (χ2n) is 5.27. The molecular formula is C14H20IN3OS. The summed E-state index contributed by atoms with van der Waals surface area (Å²) in [6.07, 6.45) is 3.69. The van der Waals surface area contributed by atoms with Crippen molar-refractivity contribution in [3.8, 4) is 0 Å². The molecule has 2 fully saturated rings. The minimum absolute atomic E-state index is 0.0606. The smallest absolute Gasteiger partial charge is 0.160 e. The molecule has 0 bridgehead atoms. The van der Waals surface area contributed by atoms with Gasteiger partial charge in [0.05, 0.1) is 15.9 Å². The van der Waals surface area contributed by atoms with E-state index in [9.17, 15) is 0 Å². The zero-order chi connectivity index (χ0) is 13.9. The monoisotopic (exact) mass is 405 g/mol. The average molecular weight is 405 g/mol. The maximum Gasteiger partial charge on any atom is 0.160 e. The van der Waals surface area contributed by atoms with Crippen LogP contribution in [-0.4, -0.2) is 34.6 Å². The highest BCUT2D eigenvalue weighted by Crippen LogP contribution is 2.43. The van der Waals surface area contributed by atoms with E-state index in [1.54, 1.807) is 0 Å². The van der Waals surface area contributed by atoms with Gasteiger partial charge in [0.2, 0.25) is 0 Å². The number of nitrogens with zero attached hydrogens (tertiary/aromatic N) is 2. The first-order valence-corrected chi connectivity index (χ1v) is 9.53. The Bertz CT molecular complexity index is 476. The van der Waals surface area contributed by atoms with Gasteiger partial charge in [-0.3, -0.25) is 0 Å². The lowest BCUT2D eigenvalue weighted by Crippen LogP contribution is -2.20. The summed E-state index contributed by atoms with van der Waals surface area (Å²) in [5.41, 5.74) is 1.23. The minimum Gasteiger partial charge on any atom is -0.369 e. The SMILES string of the molecule is CCCNc1nc(C2CSCCO2)nc(C2CC2)c1I. The van der Waals surface area contributed by atoms with Crippen LogP contribution >= 0.6 is 34.4 Å². The molecular weight excluding hydrogens is 385 g/mol. The van der Waals surface area contributed by atoms with Crippen LogP contribution in [0.1, 0.15) is 49.7 Å². The summed E-state index contributed by atoms with van der Waals surface area (Å²) >= 11 is 4.32. The van der Waals surface area contributed by atoms with Crippen molar-refractivity contribution in [1.29, 1.82) is 0 Å². The average Bonchev–Trinajstić information content (AvgIpc) is 3.32. The molecule has 3 rings (SSSR count). The van der Waals surface area contributed by atoms with Gasteiger partial charge in [-0.2, -0.15) is 11.8 Å². The lowest BCUT2D eigenvalue weighted by Gasteiger charge is -2.22. The van der Waals surface area contributed by atoms with E-state index in [4.69, 9.17) is 14.7 Å². The first-order chi connectivity index (χ1) is 9.79. The van der Waals surface area contributed by atoms with Gasteiger partial charge >= 0.3 is 0 Å². The van der Waals surface area contributed by atoms with Gasteiger partial charge in [0, 0.05) is 24.0 Å². The van der Waals surface area contributed by atoms with E-state index < -0.39 is 0 Å². The molecule has 1 N–H and O–H groups in total. The van der Waals surface area contributed by atoms with Crippen LogP contribution in [0.25, 0.3) is 0 Å². The second-order valence-corrected chi connectivity index (χ2v) is 7.49. The van der Waals surface area contributed by atoms with Crippen molar-refractivity contribution in [3.05, 3.63) is 15.1 Å². The van der Waals surface area contributed by atoms with Crippen LogP contribution in [0, 0.1) is 3.57 Å². The zero-order valence-electron chi connectivity index (χ0n) is 11.7. The van der Waals surface area contributed by atoms with E-state index in [-0.39, 0.29) is 6.10 Å². The molecule has 1 aliphatic heterocycles. The van der Waals surface area contributed by atoms with Crippen molar-refractivity contribution in [2.45, 2.75) is 38.2 Å². The van der Waals surface area contributed by atoms with E-state index in [2.05, 4.69) is 34.8 Å². The van der Waals surface area contributed by atoms with Crippen molar-refractivity contribution >= 4 is 40.2 Å². The van der Waals surface area contributed by atoms with Crippen LogP contribution in [0.5, 0.6) is 0 Å². The lowest BCUT2D eigenvalue weighted by atomic mass is 10.2. The molecule has 110 valence electrons. The minimum atomic E-state index is 0.0606. The molecule has 1 aliphatic carbocycles. The van der Waals surface area contributed by atoms with Crippen LogP contribution in [0.15, 0.2) is 0 Å². The number of hydrogen-bond acceptors (Lipinski definition) is 5. The first-order valence-electron chi connectivity index (χ1n) is 7.30. The lowest BCUT2D eigenvalue weighted by molar-refractivity contribution is 0.0693. The predicted octanol–water partition coefficient (Wildman–Crippen LogP) is 3.59. The Labute approximate surface area is 138 Å². The van der Waals surface area contributed by atoms with Crippen molar-refractivity contribution in [3.63, 3.8) is 0 Å². The molecule has 0 radical (unpaired) electrons. The Balaban J connectivity index is 1.89. The van der Waals surface area contributed by atoms with E-state index in [1.807, 2.05) is 11.8 Å². The van der Waals surface area contributed by atoms with Crippen LogP contribution < -0.4 is 5.32 Å². The molecule has 0 spiro atoms.